The molecule has 5 fully saturated rings. The van der Waals surface area contributed by atoms with Crippen molar-refractivity contribution in [3.63, 3.8) is 0 Å². The predicted octanol–water partition coefficient (Wildman–Crippen LogP) is 5.80. The highest BCUT2D eigenvalue weighted by Gasteiger charge is 2.60. The van der Waals surface area contributed by atoms with Crippen LogP contribution in [0.2, 0.25) is 0 Å². The topological polar surface area (TPSA) is 244 Å². The summed E-state index contributed by atoms with van der Waals surface area (Å²) in [5.74, 6) is 1.52. The molecule has 1 heterocycles. The molecule has 1 saturated heterocycles. The van der Waals surface area contributed by atoms with Crippen molar-refractivity contribution in [2.24, 2.45) is 52.1 Å². The van der Waals surface area contributed by atoms with Gasteiger partial charge in [-0.1, -0.05) is 32.9 Å². The van der Waals surface area contributed by atoms with E-state index in [1.54, 1.807) is 31.2 Å². The molecule has 6 unspecified atom stereocenters. The molecule has 6 aliphatic carbocycles. The van der Waals surface area contributed by atoms with E-state index in [9.17, 15) is 44.4 Å². The van der Waals surface area contributed by atoms with E-state index in [-0.39, 0.29) is 71.1 Å². The van der Waals surface area contributed by atoms with Gasteiger partial charge < -0.3 is 51.0 Å². The Morgan fingerprint density at radius 1 is 0.917 bits per heavy atom. The highest BCUT2D eigenvalue weighted by atomic mass is 16.7. The summed E-state index contributed by atoms with van der Waals surface area (Å²) in [6, 6.07) is 6.05. The van der Waals surface area contributed by atoms with Crippen molar-refractivity contribution in [2.75, 3.05) is 20.3 Å². The number of rotatable bonds is 16. The first-order valence-electron chi connectivity index (χ1n) is 27.1. The minimum absolute atomic E-state index is 0.0466. The lowest BCUT2D eigenvalue weighted by Gasteiger charge is -2.61. The Bertz CT molecular complexity index is 2410. The van der Waals surface area contributed by atoms with E-state index in [1.165, 1.54) is 51.7 Å². The largest absolute Gasteiger partial charge is 0.496 e. The molecule has 2 aromatic rings. The number of hydrogen-bond acceptors (Lipinski definition) is 13. The number of amides is 2. The number of nitrogens with one attached hydrogen (secondary N) is 2. The van der Waals surface area contributed by atoms with Crippen molar-refractivity contribution in [3.05, 3.63) is 63.7 Å². The number of hydrogen-bond donors (Lipinski definition) is 7. The number of unbranched alkanes of at least 4 members (excludes halogenated alkanes) is 1. The molecule has 2 aromatic carbocycles. The van der Waals surface area contributed by atoms with Gasteiger partial charge in [-0.25, -0.2) is 0 Å². The molecule has 0 spiro atoms. The summed E-state index contributed by atoms with van der Waals surface area (Å²) in [5.41, 5.74) is 5.66. The number of aliphatic hydroxyl groups excluding tert-OH is 3. The van der Waals surface area contributed by atoms with Gasteiger partial charge in [0.15, 0.2) is 23.6 Å². The van der Waals surface area contributed by atoms with E-state index >= 15 is 0 Å². The molecular formula is C57H79N3O12. The lowest BCUT2D eigenvalue weighted by atomic mass is 9.44. The standard InChI is InChI=1S/C57H79N3O12/c1-30(40-15-16-41-35-14-13-33-24-34(62)18-20-55(33,3)42(35)19-21-56(40,41)4)12-17-48(64)59-43(10-6-7-22-58)54(68)60-44-26-49(71-31(2)51(44)65)72-46-28-57(69,47(63)29-61)27-32-23-38-39(25-37(32)46)53(67)50-36(52(38)66)9-8-11-45(50)70-5/h8-9,11,23,25,30-31,33-35,40-44,46,49,51,61-62,65,69H,6-7,10,12-22,24,26-29,58H2,1-5H3,(H,59,64)(H,60,68)/t30-,31?,33-,34-,35+,40-,41?,42+,43?,44?,46+,49?,51?,55+,56-,57+/m1/s1. The summed E-state index contributed by atoms with van der Waals surface area (Å²) >= 11 is 0. The summed E-state index contributed by atoms with van der Waals surface area (Å²) in [5, 5.41) is 49.6. The SMILES string of the molecule is COc1cccc2c1C(=O)c1cc3c(cc1C2=O)C[C@@](O)(C(=O)CO)C[C@@H]3OC1CC(NC(=O)C(CCCCN)NC(=O)CC[C@@H](C)[C@H]2CCC3[C@@H]4CC[C@@H]5C[C@H](O)CC[C@]5(C)[C@H]4CC[C@@]32C)C(O)C(C)O1. The number of carbonyl (C=O) groups excluding carboxylic acids is 5. The predicted molar refractivity (Wildman–Crippen MR) is 267 cm³/mol. The Morgan fingerprint density at radius 3 is 2.42 bits per heavy atom. The van der Waals surface area contributed by atoms with Crippen LogP contribution in [0.1, 0.15) is 180 Å². The van der Waals surface area contributed by atoms with Crippen LogP contribution in [0.3, 0.4) is 0 Å². The van der Waals surface area contributed by atoms with Crippen molar-refractivity contribution in [3.8, 4) is 5.75 Å². The van der Waals surface area contributed by atoms with Crippen LogP contribution in [0.15, 0.2) is 30.3 Å². The molecule has 1 aliphatic heterocycles. The molecule has 9 rings (SSSR count). The Hall–Kier alpha value is -4.09. The highest BCUT2D eigenvalue weighted by molar-refractivity contribution is 6.29. The Morgan fingerprint density at radius 2 is 1.67 bits per heavy atom. The smallest absolute Gasteiger partial charge is 0.242 e. The van der Waals surface area contributed by atoms with Gasteiger partial charge in [-0.2, -0.15) is 0 Å². The van der Waals surface area contributed by atoms with Crippen LogP contribution in [-0.4, -0.2) is 112 Å². The summed E-state index contributed by atoms with van der Waals surface area (Å²) in [6.45, 7) is 8.49. The highest BCUT2D eigenvalue weighted by Crippen LogP contribution is 2.68. The zero-order valence-electron chi connectivity index (χ0n) is 43.0. The summed E-state index contributed by atoms with van der Waals surface area (Å²) in [6.07, 6.45) is 8.07. The molecule has 15 nitrogen and oxygen atoms in total. The van der Waals surface area contributed by atoms with Crippen LogP contribution in [0, 0.1) is 46.3 Å². The number of aliphatic hydroxyl groups is 4. The first-order valence-corrected chi connectivity index (χ1v) is 27.1. The lowest BCUT2D eigenvalue weighted by molar-refractivity contribution is -0.249. The quantitative estimate of drug-likeness (QED) is 0.0841. The Labute approximate surface area is 424 Å². The minimum Gasteiger partial charge on any atom is -0.496 e. The number of ether oxygens (including phenoxy) is 3. The van der Waals surface area contributed by atoms with Gasteiger partial charge in [0.1, 0.15) is 30.1 Å². The van der Waals surface area contributed by atoms with Gasteiger partial charge in [-0.3, -0.25) is 24.0 Å². The third-order valence-electron chi connectivity index (χ3n) is 19.7. The minimum atomic E-state index is -2.08. The van der Waals surface area contributed by atoms with Crippen LogP contribution in [-0.2, 0) is 30.3 Å². The first-order chi connectivity index (χ1) is 34.3. The van der Waals surface area contributed by atoms with E-state index in [0.29, 0.717) is 66.0 Å². The number of nitrogens with two attached hydrogens (primary N) is 1. The number of fused-ring (bicyclic) bond motifs is 8. The first kappa shape index (κ1) is 52.8. The summed E-state index contributed by atoms with van der Waals surface area (Å²) in [4.78, 5) is 69.1. The molecule has 0 bridgehead atoms. The fraction of sp³-hybridized carbons (Fsp3) is 0.702. The van der Waals surface area contributed by atoms with E-state index in [2.05, 4.69) is 31.4 Å². The van der Waals surface area contributed by atoms with E-state index in [4.69, 9.17) is 19.9 Å². The monoisotopic (exact) mass is 998 g/mol. The van der Waals surface area contributed by atoms with E-state index in [0.717, 1.165) is 37.5 Å². The maximum atomic E-state index is 14.2. The maximum absolute atomic E-state index is 14.2. The van der Waals surface area contributed by atoms with Crippen molar-refractivity contribution in [1.29, 1.82) is 0 Å². The van der Waals surface area contributed by atoms with Gasteiger partial charge in [-0.05, 0) is 173 Å². The molecule has 72 heavy (non-hydrogen) atoms. The number of carbonyl (C=O) groups is 5. The average molecular weight is 998 g/mol. The van der Waals surface area contributed by atoms with Gasteiger partial charge in [-0.15, -0.1) is 0 Å². The average Bonchev–Trinajstić information content (AvgIpc) is 3.72. The van der Waals surface area contributed by atoms with Gasteiger partial charge in [0.2, 0.25) is 11.8 Å². The second-order valence-corrected chi connectivity index (χ2v) is 23.6. The van der Waals surface area contributed by atoms with Gasteiger partial charge >= 0.3 is 0 Å². The van der Waals surface area contributed by atoms with E-state index in [1.807, 2.05) is 0 Å². The lowest BCUT2D eigenvalue weighted by Crippen LogP contribution is -2.59. The fourth-order valence-corrected chi connectivity index (χ4v) is 15.7. The van der Waals surface area contributed by atoms with Crippen molar-refractivity contribution in [1.82, 2.24) is 10.6 Å². The van der Waals surface area contributed by atoms with Crippen molar-refractivity contribution >= 4 is 29.2 Å². The molecule has 4 saturated carbocycles. The molecule has 2 amide bonds. The molecule has 394 valence electrons. The Kier molecular flexibility index (Phi) is 15.3. The number of Topliss-reactive ketones (excluding diaryl/α,β-unsaturated/α-hetero) is 1. The zero-order valence-corrected chi connectivity index (χ0v) is 43.0. The number of benzene rings is 2. The number of methoxy groups -OCH3 is 1. The van der Waals surface area contributed by atoms with E-state index < -0.39 is 72.2 Å². The fourth-order valence-electron chi connectivity index (χ4n) is 15.7. The van der Waals surface area contributed by atoms with Crippen molar-refractivity contribution in [2.45, 2.75) is 185 Å². The second kappa shape index (κ2) is 20.9. The Balaban J connectivity index is 0.857. The number of ketones is 3. The second-order valence-electron chi connectivity index (χ2n) is 23.6. The van der Waals surface area contributed by atoms with Gasteiger partial charge in [0.25, 0.3) is 0 Å². The molecule has 15 heteroatoms. The van der Waals surface area contributed by atoms with Crippen LogP contribution in [0.5, 0.6) is 5.75 Å². The molecule has 0 aromatic heterocycles. The normalized spacial score (nSPS) is 36.6. The van der Waals surface area contributed by atoms with Gasteiger partial charge in [0.05, 0.1) is 37.0 Å². The van der Waals surface area contributed by atoms with Crippen LogP contribution < -0.4 is 21.1 Å². The molecule has 7 aliphatic rings. The van der Waals surface area contributed by atoms with Crippen LogP contribution in [0.4, 0.5) is 0 Å². The molecular weight excluding hydrogens is 919 g/mol. The van der Waals surface area contributed by atoms with Crippen LogP contribution in [0.25, 0.3) is 0 Å². The maximum Gasteiger partial charge on any atom is 0.242 e. The third-order valence-corrected chi connectivity index (χ3v) is 19.7. The van der Waals surface area contributed by atoms with Crippen LogP contribution >= 0.6 is 0 Å². The molecule has 8 N–H and O–H groups in total. The van der Waals surface area contributed by atoms with Gasteiger partial charge in [0, 0.05) is 42.4 Å². The molecule has 16 atom stereocenters. The third kappa shape index (κ3) is 9.62. The van der Waals surface area contributed by atoms with Crippen molar-refractivity contribution < 1.29 is 58.6 Å². The molecule has 0 radical (unpaired) electrons. The summed E-state index contributed by atoms with van der Waals surface area (Å²) in [7, 11) is 1.42. The zero-order chi connectivity index (χ0) is 51.4. The summed E-state index contributed by atoms with van der Waals surface area (Å²) < 4.78 is 18.1.